The fraction of sp³-hybridized carbons (Fsp3) is 0. The summed E-state index contributed by atoms with van der Waals surface area (Å²) in [4.78, 5) is 11.8. The van der Waals surface area contributed by atoms with Crippen molar-refractivity contribution >= 4 is 27.4 Å². The maximum Gasteiger partial charge on any atom is 0.187 e. The van der Waals surface area contributed by atoms with Crippen LogP contribution < -0.4 is 5.32 Å². The fourth-order valence-corrected chi connectivity index (χ4v) is 1.89. The van der Waals surface area contributed by atoms with Crippen molar-refractivity contribution in [1.82, 2.24) is 0 Å². The molecule has 0 saturated carbocycles. The molecule has 0 radical (unpaired) electrons. The number of allylic oxidation sites excluding steroid dienone is 1. The molecule has 3 heteroatoms. The van der Waals surface area contributed by atoms with Crippen LogP contribution in [0.15, 0.2) is 71.3 Å². The third-order valence-electron chi connectivity index (χ3n) is 2.37. The molecule has 0 unspecified atom stereocenters. The Labute approximate surface area is 114 Å². The van der Waals surface area contributed by atoms with Crippen molar-refractivity contribution < 1.29 is 4.79 Å². The average molecular weight is 302 g/mol. The summed E-state index contributed by atoms with van der Waals surface area (Å²) in [5.74, 6) is -0.0157. The Hall–Kier alpha value is -1.87. The minimum absolute atomic E-state index is 0.0157. The highest BCUT2D eigenvalue weighted by molar-refractivity contribution is 9.10. The van der Waals surface area contributed by atoms with Crippen molar-refractivity contribution in [1.29, 1.82) is 0 Å². The van der Waals surface area contributed by atoms with Gasteiger partial charge in [0.25, 0.3) is 0 Å². The molecule has 0 aromatic heterocycles. The minimum atomic E-state index is -0.0157. The van der Waals surface area contributed by atoms with Crippen LogP contribution in [-0.4, -0.2) is 5.78 Å². The molecule has 0 aliphatic carbocycles. The van der Waals surface area contributed by atoms with Gasteiger partial charge in [-0.2, -0.15) is 0 Å². The molecule has 0 atom stereocenters. The van der Waals surface area contributed by atoms with E-state index in [1.165, 1.54) is 6.08 Å². The largest absolute Gasteiger partial charge is 0.362 e. The van der Waals surface area contributed by atoms with Crippen LogP contribution in [0.3, 0.4) is 0 Å². The monoisotopic (exact) mass is 301 g/mol. The Kier molecular flexibility index (Phi) is 4.31. The Morgan fingerprint density at radius 2 is 1.83 bits per heavy atom. The lowest BCUT2D eigenvalue weighted by atomic mass is 10.1. The highest BCUT2D eigenvalue weighted by Gasteiger charge is 1.98. The molecule has 0 fully saturated rings. The normalized spacial score (nSPS) is 10.5. The maximum atomic E-state index is 11.8. The first-order chi connectivity index (χ1) is 8.75. The van der Waals surface area contributed by atoms with E-state index in [0.717, 1.165) is 10.2 Å². The van der Waals surface area contributed by atoms with Crippen molar-refractivity contribution in [2.45, 2.75) is 0 Å². The lowest BCUT2D eigenvalue weighted by molar-refractivity contribution is 0.104. The first-order valence-corrected chi connectivity index (χ1v) is 6.33. The summed E-state index contributed by atoms with van der Waals surface area (Å²) in [5.41, 5.74) is 1.62. The molecular formula is C15H12BrNO. The van der Waals surface area contributed by atoms with E-state index < -0.39 is 0 Å². The lowest BCUT2D eigenvalue weighted by Gasteiger charge is -2.00. The smallest absolute Gasteiger partial charge is 0.187 e. The number of benzene rings is 2. The van der Waals surface area contributed by atoms with Crippen LogP contribution in [0.1, 0.15) is 10.4 Å². The van der Waals surface area contributed by atoms with Crippen LogP contribution >= 0.6 is 15.9 Å². The van der Waals surface area contributed by atoms with Gasteiger partial charge in [-0.3, -0.25) is 4.79 Å². The third-order valence-corrected chi connectivity index (χ3v) is 2.86. The first kappa shape index (κ1) is 12.6. The Morgan fingerprint density at radius 3 is 2.56 bits per heavy atom. The standard InChI is InChI=1S/C15H12BrNO/c16-13-7-4-8-14(11-13)17-10-9-15(18)12-5-2-1-3-6-12/h1-11,17H. The molecular weight excluding hydrogens is 290 g/mol. The second-order valence-electron chi connectivity index (χ2n) is 3.72. The zero-order valence-electron chi connectivity index (χ0n) is 9.64. The molecule has 0 saturated heterocycles. The van der Waals surface area contributed by atoms with E-state index in [2.05, 4.69) is 21.2 Å². The average Bonchev–Trinajstić information content (AvgIpc) is 2.40. The van der Waals surface area contributed by atoms with Gasteiger partial charge in [0.05, 0.1) is 0 Å². The molecule has 2 aromatic rings. The highest BCUT2D eigenvalue weighted by Crippen LogP contribution is 2.15. The van der Waals surface area contributed by atoms with Crippen LogP contribution in [0.4, 0.5) is 5.69 Å². The molecule has 2 nitrogen and oxygen atoms in total. The summed E-state index contributed by atoms with van der Waals surface area (Å²) in [7, 11) is 0. The van der Waals surface area contributed by atoms with E-state index in [-0.39, 0.29) is 5.78 Å². The van der Waals surface area contributed by atoms with Crippen molar-refractivity contribution in [2.75, 3.05) is 5.32 Å². The molecule has 0 amide bonds. The zero-order valence-corrected chi connectivity index (χ0v) is 11.2. The van der Waals surface area contributed by atoms with E-state index in [0.29, 0.717) is 5.56 Å². The van der Waals surface area contributed by atoms with Crippen molar-refractivity contribution in [3.63, 3.8) is 0 Å². The predicted octanol–water partition coefficient (Wildman–Crippen LogP) is 4.26. The van der Waals surface area contributed by atoms with Crippen molar-refractivity contribution in [3.8, 4) is 0 Å². The van der Waals surface area contributed by atoms with Crippen molar-refractivity contribution in [2.24, 2.45) is 0 Å². The van der Waals surface area contributed by atoms with E-state index in [1.54, 1.807) is 18.3 Å². The lowest BCUT2D eigenvalue weighted by Crippen LogP contribution is -1.95. The number of rotatable bonds is 4. The van der Waals surface area contributed by atoms with Crippen LogP contribution in [0.25, 0.3) is 0 Å². The molecule has 0 bridgehead atoms. The Bertz CT molecular complexity index is 564. The zero-order chi connectivity index (χ0) is 12.8. The number of halogens is 1. The van der Waals surface area contributed by atoms with Gasteiger partial charge < -0.3 is 5.32 Å². The van der Waals surface area contributed by atoms with E-state index in [1.807, 2.05) is 42.5 Å². The van der Waals surface area contributed by atoms with Gasteiger partial charge in [-0.05, 0) is 18.2 Å². The molecule has 0 heterocycles. The molecule has 1 N–H and O–H groups in total. The minimum Gasteiger partial charge on any atom is -0.362 e. The molecule has 2 aromatic carbocycles. The quantitative estimate of drug-likeness (QED) is 0.675. The van der Waals surface area contributed by atoms with Crippen LogP contribution in [0.5, 0.6) is 0 Å². The number of anilines is 1. The first-order valence-electron chi connectivity index (χ1n) is 5.54. The predicted molar refractivity (Wildman–Crippen MR) is 77.7 cm³/mol. The van der Waals surface area contributed by atoms with Gasteiger partial charge in [-0.1, -0.05) is 52.3 Å². The molecule has 0 aliphatic rings. The highest BCUT2D eigenvalue weighted by atomic mass is 79.9. The topological polar surface area (TPSA) is 29.1 Å². The second kappa shape index (κ2) is 6.17. The number of ketones is 1. The summed E-state index contributed by atoms with van der Waals surface area (Å²) >= 11 is 3.39. The van der Waals surface area contributed by atoms with Gasteiger partial charge in [0.2, 0.25) is 0 Å². The molecule has 2 rings (SSSR count). The third kappa shape index (κ3) is 3.57. The van der Waals surface area contributed by atoms with E-state index in [4.69, 9.17) is 0 Å². The number of carbonyl (C=O) groups is 1. The number of nitrogens with one attached hydrogen (secondary N) is 1. The fourth-order valence-electron chi connectivity index (χ4n) is 1.49. The van der Waals surface area contributed by atoms with Gasteiger partial charge in [-0.25, -0.2) is 0 Å². The van der Waals surface area contributed by atoms with Gasteiger partial charge in [0, 0.05) is 28.0 Å². The van der Waals surface area contributed by atoms with Crippen LogP contribution in [-0.2, 0) is 0 Å². The maximum absolute atomic E-state index is 11.8. The van der Waals surface area contributed by atoms with E-state index in [9.17, 15) is 4.79 Å². The van der Waals surface area contributed by atoms with Gasteiger partial charge in [0.15, 0.2) is 5.78 Å². The summed E-state index contributed by atoms with van der Waals surface area (Å²) in [5, 5.41) is 3.05. The number of hydrogen-bond acceptors (Lipinski definition) is 2. The number of hydrogen-bond donors (Lipinski definition) is 1. The van der Waals surface area contributed by atoms with Crippen LogP contribution in [0, 0.1) is 0 Å². The van der Waals surface area contributed by atoms with Gasteiger partial charge in [-0.15, -0.1) is 0 Å². The summed E-state index contributed by atoms with van der Waals surface area (Å²) in [6.45, 7) is 0. The van der Waals surface area contributed by atoms with Gasteiger partial charge in [0.1, 0.15) is 0 Å². The SMILES string of the molecule is O=C(C=CNc1cccc(Br)c1)c1ccccc1. The summed E-state index contributed by atoms with van der Waals surface area (Å²) in [6, 6.07) is 16.9. The Morgan fingerprint density at radius 1 is 1.06 bits per heavy atom. The van der Waals surface area contributed by atoms with Crippen LogP contribution in [0.2, 0.25) is 0 Å². The number of carbonyl (C=O) groups excluding carboxylic acids is 1. The molecule has 0 aliphatic heterocycles. The van der Waals surface area contributed by atoms with Gasteiger partial charge >= 0.3 is 0 Å². The Balaban J connectivity index is 1.98. The second-order valence-corrected chi connectivity index (χ2v) is 4.63. The van der Waals surface area contributed by atoms with E-state index >= 15 is 0 Å². The summed E-state index contributed by atoms with van der Waals surface area (Å²) in [6.07, 6.45) is 3.17. The molecule has 18 heavy (non-hydrogen) atoms. The molecule has 0 spiro atoms. The summed E-state index contributed by atoms with van der Waals surface area (Å²) < 4.78 is 0.996. The molecule has 90 valence electrons. The van der Waals surface area contributed by atoms with Crippen molar-refractivity contribution in [3.05, 3.63) is 76.9 Å².